The summed E-state index contributed by atoms with van der Waals surface area (Å²) in [5, 5.41) is 0. The van der Waals surface area contributed by atoms with Gasteiger partial charge in [0.2, 0.25) is 0 Å². The van der Waals surface area contributed by atoms with Gasteiger partial charge in [-0.05, 0) is 47.9 Å². The minimum absolute atomic E-state index is 0.0788. The van der Waals surface area contributed by atoms with Crippen molar-refractivity contribution in [3.05, 3.63) is 68.7 Å². The normalized spacial score (nSPS) is 14.3. The van der Waals surface area contributed by atoms with E-state index in [9.17, 15) is 18.0 Å². The number of fused-ring (bicyclic) bond motifs is 1. The number of hydrogen-bond donors (Lipinski definition) is 0. The molecule has 0 N–H and O–H groups in total. The molecular formula is C17H13BrF3NO. The maximum atomic E-state index is 12.6. The van der Waals surface area contributed by atoms with E-state index in [1.165, 1.54) is 12.1 Å². The van der Waals surface area contributed by atoms with Gasteiger partial charge in [-0.25, -0.2) is 0 Å². The molecule has 1 aliphatic rings. The van der Waals surface area contributed by atoms with Gasteiger partial charge in [-0.3, -0.25) is 4.79 Å². The van der Waals surface area contributed by atoms with Crippen LogP contribution < -0.4 is 0 Å². The third-order valence-electron chi connectivity index (χ3n) is 3.90. The van der Waals surface area contributed by atoms with E-state index in [1.807, 2.05) is 19.1 Å². The Hall–Kier alpha value is -1.82. The van der Waals surface area contributed by atoms with E-state index in [2.05, 4.69) is 15.9 Å². The largest absolute Gasteiger partial charge is 0.416 e. The Kier molecular flexibility index (Phi) is 3.96. The molecule has 0 spiro atoms. The smallest absolute Gasteiger partial charge is 0.330 e. The van der Waals surface area contributed by atoms with E-state index in [4.69, 9.17) is 0 Å². The van der Waals surface area contributed by atoms with Crippen molar-refractivity contribution in [3.63, 3.8) is 0 Å². The van der Waals surface area contributed by atoms with Gasteiger partial charge in [0.05, 0.1) is 5.56 Å². The molecule has 0 atom stereocenters. The van der Waals surface area contributed by atoms with Crippen LogP contribution in [-0.2, 0) is 19.3 Å². The van der Waals surface area contributed by atoms with Gasteiger partial charge in [0.15, 0.2) is 0 Å². The lowest BCUT2D eigenvalue weighted by atomic mass is 10.0. The average molecular weight is 384 g/mol. The van der Waals surface area contributed by atoms with Crippen LogP contribution in [0.15, 0.2) is 40.9 Å². The molecule has 3 rings (SSSR count). The monoisotopic (exact) mass is 383 g/mol. The van der Waals surface area contributed by atoms with Crippen molar-refractivity contribution >= 4 is 21.8 Å². The van der Waals surface area contributed by atoms with E-state index < -0.39 is 11.7 Å². The Bertz CT molecular complexity index is 769. The number of nitrogens with zero attached hydrogens (tertiary/aromatic N) is 1. The van der Waals surface area contributed by atoms with E-state index >= 15 is 0 Å². The summed E-state index contributed by atoms with van der Waals surface area (Å²) in [6.07, 6.45) is -4.35. The van der Waals surface area contributed by atoms with E-state index in [0.717, 1.165) is 27.7 Å². The first-order valence-corrected chi connectivity index (χ1v) is 7.79. The number of halogens is 4. The SMILES string of the molecule is Cc1cc(Br)cc2c1C(=O)N(Cc1ccc(C(F)(F)F)cc1)C2. The number of hydrogen-bond acceptors (Lipinski definition) is 1. The van der Waals surface area contributed by atoms with Crippen LogP contribution in [0.25, 0.3) is 0 Å². The van der Waals surface area contributed by atoms with Crippen molar-refractivity contribution < 1.29 is 18.0 Å². The zero-order valence-electron chi connectivity index (χ0n) is 12.2. The van der Waals surface area contributed by atoms with E-state index in [-0.39, 0.29) is 5.91 Å². The van der Waals surface area contributed by atoms with Crippen molar-refractivity contribution in [1.82, 2.24) is 4.90 Å². The van der Waals surface area contributed by atoms with Crippen molar-refractivity contribution in [1.29, 1.82) is 0 Å². The highest BCUT2D eigenvalue weighted by molar-refractivity contribution is 9.10. The highest BCUT2D eigenvalue weighted by atomic mass is 79.9. The highest BCUT2D eigenvalue weighted by Crippen LogP contribution is 2.32. The lowest BCUT2D eigenvalue weighted by molar-refractivity contribution is -0.137. The molecule has 2 aromatic carbocycles. The zero-order valence-corrected chi connectivity index (χ0v) is 13.8. The van der Waals surface area contributed by atoms with Crippen LogP contribution >= 0.6 is 15.9 Å². The number of alkyl halides is 3. The second-order valence-corrected chi connectivity index (χ2v) is 6.53. The van der Waals surface area contributed by atoms with Crippen LogP contribution in [0.4, 0.5) is 13.2 Å². The Balaban J connectivity index is 1.80. The number of rotatable bonds is 2. The molecule has 0 unspecified atom stereocenters. The summed E-state index contributed by atoms with van der Waals surface area (Å²) in [5.74, 6) is -0.0788. The van der Waals surface area contributed by atoms with Crippen molar-refractivity contribution in [2.75, 3.05) is 0 Å². The first-order chi connectivity index (χ1) is 10.8. The molecule has 2 aromatic rings. The quantitative estimate of drug-likeness (QED) is 0.719. The first-order valence-electron chi connectivity index (χ1n) is 7.00. The molecule has 1 heterocycles. The number of amides is 1. The van der Waals surface area contributed by atoms with Gasteiger partial charge in [-0.15, -0.1) is 0 Å². The molecule has 0 radical (unpaired) electrons. The van der Waals surface area contributed by atoms with Crippen LogP contribution in [0.3, 0.4) is 0 Å². The molecule has 23 heavy (non-hydrogen) atoms. The van der Waals surface area contributed by atoms with Crippen LogP contribution in [0.1, 0.15) is 32.6 Å². The molecule has 1 aliphatic heterocycles. The van der Waals surface area contributed by atoms with Crippen LogP contribution in [0.2, 0.25) is 0 Å². The maximum absolute atomic E-state index is 12.6. The molecule has 0 fully saturated rings. The lowest BCUT2D eigenvalue weighted by Gasteiger charge is -2.16. The fourth-order valence-corrected chi connectivity index (χ4v) is 3.45. The molecule has 0 aromatic heterocycles. The van der Waals surface area contributed by atoms with Gasteiger partial charge in [-0.1, -0.05) is 28.1 Å². The Labute approximate surface area is 140 Å². The summed E-state index contributed by atoms with van der Waals surface area (Å²) < 4.78 is 38.7. The Morgan fingerprint density at radius 2 is 1.83 bits per heavy atom. The van der Waals surface area contributed by atoms with Crippen molar-refractivity contribution in [2.45, 2.75) is 26.2 Å². The second-order valence-electron chi connectivity index (χ2n) is 5.61. The molecule has 2 nitrogen and oxygen atoms in total. The third kappa shape index (κ3) is 3.13. The van der Waals surface area contributed by atoms with Crippen LogP contribution in [0.5, 0.6) is 0 Å². The van der Waals surface area contributed by atoms with Crippen molar-refractivity contribution in [3.8, 4) is 0 Å². The van der Waals surface area contributed by atoms with Gasteiger partial charge in [0.1, 0.15) is 0 Å². The fraction of sp³-hybridized carbons (Fsp3) is 0.235. The lowest BCUT2D eigenvalue weighted by Crippen LogP contribution is -2.23. The van der Waals surface area contributed by atoms with Crippen molar-refractivity contribution in [2.24, 2.45) is 0 Å². The molecule has 6 heteroatoms. The van der Waals surface area contributed by atoms with Gasteiger partial charge in [0.25, 0.3) is 5.91 Å². The average Bonchev–Trinajstić information content (AvgIpc) is 2.74. The Morgan fingerprint density at radius 3 is 2.43 bits per heavy atom. The second kappa shape index (κ2) is 5.67. The summed E-state index contributed by atoms with van der Waals surface area (Å²) in [6, 6.07) is 8.73. The van der Waals surface area contributed by atoms with Crippen LogP contribution in [0, 0.1) is 6.92 Å². The molecule has 0 saturated carbocycles. The number of carbonyl (C=O) groups is 1. The molecule has 120 valence electrons. The summed E-state index contributed by atoms with van der Waals surface area (Å²) in [5.41, 5.74) is 2.52. The third-order valence-corrected chi connectivity index (χ3v) is 4.36. The van der Waals surface area contributed by atoms with Crippen LogP contribution in [-0.4, -0.2) is 10.8 Å². The zero-order chi connectivity index (χ0) is 16.8. The molecule has 0 saturated heterocycles. The predicted octanol–water partition coefficient (Wildman–Crippen LogP) is 4.93. The molecule has 0 aliphatic carbocycles. The molecule has 1 amide bonds. The molecule has 0 bridgehead atoms. The minimum atomic E-state index is -4.35. The highest BCUT2D eigenvalue weighted by Gasteiger charge is 2.31. The summed E-state index contributed by atoms with van der Waals surface area (Å²) in [7, 11) is 0. The van der Waals surface area contributed by atoms with Gasteiger partial charge < -0.3 is 4.90 Å². The van der Waals surface area contributed by atoms with Gasteiger partial charge in [-0.2, -0.15) is 13.2 Å². The topological polar surface area (TPSA) is 20.3 Å². The molecular weight excluding hydrogens is 371 g/mol. The summed E-state index contributed by atoms with van der Waals surface area (Å²) >= 11 is 3.41. The number of carbonyl (C=O) groups excluding carboxylic acids is 1. The summed E-state index contributed by atoms with van der Waals surface area (Å²) in [4.78, 5) is 14.1. The summed E-state index contributed by atoms with van der Waals surface area (Å²) in [6.45, 7) is 2.64. The fourth-order valence-electron chi connectivity index (χ4n) is 2.83. The standard InChI is InChI=1S/C17H13BrF3NO/c1-10-6-14(18)7-12-9-22(16(23)15(10)12)8-11-2-4-13(5-3-11)17(19,20)21/h2-7H,8-9H2,1H3. The number of aryl methyl sites for hydroxylation is 1. The predicted molar refractivity (Wildman–Crippen MR) is 83.9 cm³/mol. The number of benzene rings is 2. The Morgan fingerprint density at radius 1 is 1.17 bits per heavy atom. The van der Waals surface area contributed by atoms with Gasteiger partial charge >= 0.3 is 6.18 Å². The van der Waals surface area contributed by atoms with Gasteiger partial charge in [0, 0.05) is 23.1 Å². The maximum Gasteiger partial charge on any atom is 0.416 e. The first kappa shape index (κ1) is 16.1. The van der Waals surface area contributed by atoms with E-state index in [0.29, 0.717) is 24.2 Å². The van der Waals surface area contributed by atoms with E-state index in [1.54, 1.807) is 4.90 Å². The minimum Gasteiger partial charge on any atom is -0.330 e.